The molecule has 3 heterocycles. The van der Waals surface area contributed by atoms with E-state index in [1.54, 1.807) is 23.6 Å². The van der Waals surface area contributed by atoms with Crippen molar-refractivity contribution in [3.8, 4) is 11.6 Å². The third kappa shape index (κ3) is 3.34. The van der Waals surface area contributed by atoms with Crippen molar-refractivity contribution in [1.82, 2.24) is 20.4 Å². The van der Waals surface area contributed by atoms with Crippen LogP contribution < -0.4 is 5.32 Å². The third-order valence-corrected chi connectivity index (χ3v) is 4.46. The second-order valence-electron chi connectivity index (χ2n) is 4.27. The lowest BCUT2D eigenvalue weighted by molar-refractivity contribution is 0.0954. The average Bonchev–Trinajstić information content (AvgIpc) is 3.19. The summed E-state index contributed by atoms with van der Waals surface area (Å²) in [4.78, 5) is 21.6. The molecule has 0 saturated carbocycles. The summed E-state index contributed by atoms with van der Waals surface area (Å²) in [7, 11) is 0. The van der Waals surface area contributed by atoms with E-state index in [0.717, 1.165) is 6.42 Å². The van der Waals surface area contributed by atoms with Crippen molar-refractivity contribution in [2.45, 2.75) is 13.3 Å². The number of hydrogen-bond acceptors (Lipinski definition) is 7. The van der Waals surface area contributed by atoms with Crippen LogP contribution in [0, 0.1) is 6.92 Å². The van der Waals surface area contributed by atoms with Gasteiger partial charge < -0.3 is 9.84 Å². The number of thiazole rings is 1. The van der Waals surface area contributed by atoms with Crippen molar-refractivity contribution in [2.75, 3.05) is 6.54 Å². The van der Waals surface area contributed by atoms with Crippen LogP contribution >= 0.6 is 22.7 Å². The van der Waals surface area contributed by atoms with Gasteiger partial charge in [0.05, 0.1) is 0 Å². The van der Waals surface area contributed by atoms with E-state index in [9.17, 15) is 4.79 Å². The number of aryl methyl sites for hydroxylation is 1. The zero-order valence-electron chi connectivity index (χ0n) is 11.2. The molecule has 0 fully saturated rings. The maximum Gasteiger partial charge on any atom is 0.280 e. The largest absolute Gasteiger partial charge is 0.350 e. The molecule has 6 nitrogen and oxygen atoms in total. The van der Waals surface area contributed by atoms with E-state index in [1.807, 2.05) is 11.4 Å². The van der Waals surface area contributed by atoms with Gasteiger partial charge in [0.1, 0.15) is 5.69 Å². The summed E-state index contributed by atoms with van der Waals surface area (Å²) in [6, 6.07) is 4.05. The van der Waals surface area contributed by atoms with Crippen molar-refractivity contribution < 1.29 is 9.32 Å². The maximum absolute atomic E-state index is 12.0. The van der Waals surface area contributed by atoms with E-state index in [2.05, 4.69) is 26.5 Å². The lowest BCUT2D eigenvalue weighted by atomic mass is 10.3. The summed E-state index contributed by atoms with van der Waals surface area (Å²) >= 11 is 2.94. The lowest BCUT2D eigenvalue weighted by Crippen LogP contribution is -2.25. The molecule has 21 heavy (non-hydrogen) atoms. The number of nitrogens with one attached hydrogen (secondary N) is 1. The molecular weight excluding hydrogens is 308 g/mol. The van der Waals surface area contributed by atoms with Gasteiger partial charge in [-0.3, -0.25) is 4.79 Å². The number of carbonyl (C=O) groups is 1. The van der Waals surface area contributed by atoms with Gasteiger partial charge in [-0.2, -0.15) is 4.98 Å². The standard InChI is InChI=1S/C13H12N4O2S2/c1-8-15-12(19-17-8)10-7-21-13(16-10)11(18)14-5-4-9-3-2-6-20-9/h2-3,6-7H,4-5H2,1H3,(H,14,18). The summed E-state index contributed by atoms with van der Waals surface area (Å²) in [5.74, 6) is 0.695. The fourth-order valence-corrected chi connectivity index (χ4v) is 3.12. The molecule has 0 aliphatic rings. The van der Waals surface area contributed by atoms with Crippen LogP contribution in [-0.2, 0) is 6.42 Å². The quantitative estimate of drug-likeness (QED) is 0.781. The van der Waals surface area contributed by atoms with Crippen LogP contribution in [0.15, 0.2) is 27.4 Å². The Morgan fingerprint density at radius 3 is 3.00 bits per heavy atom. The molecule has 1 amide bonds. The summed E-state index contributed by atoms with van der Waals surface area (Å²) in [5.41, 5.74) is 0.531. The first-order valence-corrected chi connectivity index (χ1v) is 8.05. The van der Waals surface area contributed by atoms with Gasteiger partial charge in [0.15, 0.2) is 10.8 Å². The first kappa shape index (κ1) is 13.9. The topological polar surface area (TPSA) is 80.9 Å². The summed E-state index contributed by atoms with van der Waals surface area (Å²) in [6.45, 7) is 2.32. The number of carbonyl (C=O) groups excluding carboxylic acids is 1. The molecule has 0 unspecified atom stereocenters. The zero-order valence-corrected chi connectivity index (χ0v) is 12.8. The molecular formula is C13H12N4O2S2. The number of aromatic nitrogens is 3. The molecule has 108 valence electrons. The van der Waals surface area contributed by atoms with Crippen LogP contribution in [0.2, 0.25) is 0 Å². The van der Waals surface area contributed by atoms with Crippen LogP contribution in [0.3, 0.4) is 0 Å². The molecule has 3 aromatic rings. The molecule has 0 aliphatic heterocycles. The second kappa shape index (κ2) is 6.15. The Balaban J connectivity index is 1.59. The highest BCUT2D eigenvalue weighted by atomic mass is 32.1. The van der Waals surface area contributed by atoms with E-state index < -0.39 is 0 Å². The highest BCUT2D eigenvalue weighted by molar-refractivity contribution is 7.12. The second-order valence-corrected chi connectivity index (χ2v) is 6.16. The van der Waals surface area contributed by atoms with Gasteiger partial charge in [0.2, 0.25) is 0 Å². The van der Waals surface area contributed by atoms with Gasteiger partial charge in [0, 0.05) is 16.8 Å². The summed E-state index contributed by atoms with van der Waals surface area (Å²) in [5, 5.41) is 10.7. The smallest absolute Gasteiger partial charge is 0.280 e. The lowest BCUT2D eigenvalue weighted by Gasteiger charge is -2.00. The molecule has 1 N–H and O–H groups in total. The summed E-state index contributed by atoms with van der Waals surface area (Å²) in [6.07, 6.45) is 0.824. The molecule has 0 radical (unpaired) electrons. The van der Waals surface area contributed by atoms with E-state index in [0.29, 0.717) is 29.0 Å². The molecule has 0 aliphatic carbocycles. The van der Waals surface area contributed by atoms with Crippen molar-refractivity contribution in [1.29, 1.82) is 0 Å². The Kier molecular flexibility index (Phi) is 4.07. The predicted molar refractivity (Wildman–Crippen MR) is 80.5 cm³/mol. The van der Waals surface area contributed by atoms with Gasteiger partial charge in [-0.15, -0.1) is 22.7 Å². The third-order valence-electron chi connectivity index (χ3n) is 2.68. The Labute approximate surface area is 128 Å². The van der Waals surface area contributed by atoms with Crippen molar-refractivity contribution in [2.24, 2.45) is 0 Å². The molecule has 3 aromatic heterocycles. The minimum Gasteiger partial charge on any atom is -0.350 e. The molecule has 0 bridgehead atoms. The van der Waals surface area contributed by atoms with Crippen molar-refractivity contribution >= 4 is 28.6 Å². The molecule has 0 saturated heterocycles. The number of rotatable bonds is 5. The monoisotopic (exact) mass is 320 g/mol. The average molecular weight is 320 g/mol. The highest BCUT2D eigenvalue weighted by Gasteiger charge is 2.15. The number of nitrogens with zero attached hydrogens (tertiary/aromatic N) is 3. The Morgan fingerprint density at radius 2 is 2.29 bits per heavy atom. The van der Waals surface area contributed by atoms with Crippen molar-refractivity contribution in [3.63, 3.8) is 0 Å². The highest BCUT2D eigenvalue weighted by Crippen LogP contribution is 2.20. The SMILES string of the molecule is Cc1noc(-c2csc(C(=O)NCCc3cccs3)n2)n1. The number of hydrogen-bond donors (Lipinski definition) is 1. The minimum absolute atomic E-state index is 0.181. The van der Waals surface area contributed by atoms with E-state index >= 15 is 0 Å². The Hall–Kier alpha value is -2.06. The first-order chi connectivity index (χ1) is 10.2. The van der Waals surface area contributed by atoms with E-state index in [4.69, 9.17) is 4.52 Å². The summed E-state index contributed by atoms with van der Waals surface area (Å²) < 4.78 is 5.03. The molecule has 0 spiro atoms. The van der Waals surface area contributed by atoms with E-state index in [-0.39, 0.29) is 5.91 Å². The van der Waals surface area contributed by atoms with Gasteiger partial charge in [-0.05, 0) is 24.8 Å². The fraction of sp³-hybridized carbons (Fsp3) is 0.231. The van der Waals surface area contributed by atoms with Crippen LogP contribution in [0.25, 0.3) is 11.6 Å². The van der Waals surface area contributed by atoms with Gasteiger partial charge in [-0.1, -0.05) is 11.2 Å². The first-order valence-electron chi connectivity index (χ1n) is 6.29. The maximum atomic E-state index is 12.0. The van der Waals surface area contributed by atoms with Gasteiger partial charge in [0.25, 0.3) is 11.8 Å². The molecule has 8 heteroatoms. The van der Waals surface area contributed by atoms with Crippen molar-refractivity contribution in [3.05, 3.63) is 38.6 Å². The molecule has 0 aromatic carbocycles. The fourth-order valence-electron chi connectivity index (χ4n) is 1.71. The predicted octanol–water partition coefficient (Wildman–Crippen LogP) is 2.54. The normalized spacial score (nSPS) is 10.7. The molecule has 0 atom stereocenters. The van der Waals surface area contributed by atoms with Crippen LogP contribution in [-0.4, -0.2) is 27.6 Å². The van der Waals surface area contributed by atoms with Crippen LogP contribution in [0.1, 0.15) is 20.5 Å². The van der Waals surface area contributed by atoms with Gasteiger partial charge >= 0.3 is 0 Å². The molecule has 3 rings (SSSR count). The Morgan fingerprint density at radius 1 is 1.38 bits per heavy atom. The van der Waals surface area contributed by atoms with Gasteiger partial charge in [-0.25, -0.2) is 4.98 Å². The minimum atomic E-state index is -0.181. The van der Waals surface area contributed by atoms with E-state index in [1.165, 1.54) is 16.2 Å². The Bertz CT molecular complexity index is 733. The zero-order chi connectivity index (χ0) is 14.7. The number of amides is 1. The number of thiophene rings is 1. The van der Waals surface area contributed by atoms with Crippen LogP contribution in [0.5, 0.6) is 0 Å². The van der Waals surface area contributed by atoms with Crippen LogP contribution in [0.4, 0.5) is 0 Å².